The van der Waals surface area contributed by atoms with Crippen LogP contribution in [0.15, 0.2) is 78.9 Å². The van der Waals surface area contributed by atoms with Crippen LogP contribution >= 0.6 is 11.8 Å². The Balaban J connectivity index is 1.24. The molecule has 0 aromatic heterocycles. The van der Waals surface area contributed by atoms with E-state index in [4.69, 9.17) is 14.2 Å². The van der Waals surface area contributed by atoms with E-state index in [1.807, 2.05) is 54.6 Å². The third-order valence-electron chi connectivity index (χ3n) is 7.23. The number of hydrogen-bond donors (Lipinski definition) is 3. The normalized spacial score (nSPS) is 22.0. The van der Waals surface area contributed by atoms with E-state index in [9.17, 15) is 24.6 Å². The topological polar surface area (TPSA) is 135 Å². The minimum atomic E-state index is -1.02. The van der Waals surface area contributed by atoms with Crippen LogP contribution < -0.4 is 10.2 Å². The predicted molar refractivity (Wildman–Crippen MR) is 160 cm³/mol. The molecule has 2 fully saturated rings. The maximum atomic E-state index is 13.1. The molecule has 2 saturated heterocycles. The van der Waals surface area contributed by atoms with Gasteiger partial charge in [0.05, 0.1) is 37.5 Å². The molecule has 3 N–H and O–H groups in total. The van der Waals surface area contributed by atoms with Gasteiger partial charge in [-0.05, 0) is 28.8 Å². The Morgan fingerprint density at radius 1 is 0.930 bits per heavy atom. The van der Waals surface area contributed by atoms with Crippen molar-refractivity contribution in [2.45, 2.75) is 50.6 Å². The van der Waals surface area contributed by atoms with Crippen molar-refractivity contribution in [2.24, 2.45) is 0 Å². The second kappa shape index (κ2) is 14.6. The number of rotatable bonds is 11. The summed E-state index contributed by atoms with van der Waals surface area (Å²) in [7, 11) is 0. The van der Waals surface area contributed by atoms with E-state index in [-0.39, 0.29) is 38.4 Å². The number of hydrogen-bond acceptors (Lipinski definition) is 9. The number of imide groups is 1. The summed E-state index contributed by atoms with van der Waals surface area (Å²) >= 11 is 1.60. The number of thioether (sulfide) groups is 1. The van der Waals surface area contributed by atoms with Crippen molar-refractivity contribution in [3.05, 3.63) is 101 Å². The van der Waals surface area contributed by atoms with Crippen LogP contribution in [-0.2, 0) is 37.0 Å². The predicted octanol–water partition coefficient (Wildman–Crippen LogP) is 4.01. The number of ether oxygens (including phenoxy) is 3. The first-order chi connectivity index (χ1) is 20.9. The Labute approximate surface area is 253 Å². The summed E-state index contributed by atoms with van der Waals surface area (Å²) in [6, 6.07) is 22.6. The highest BCUT2D eigenvalue weighted by Crippen LogP contribution is 2.39. The maximum absolute atomic E-state index is 13.1. The van der Waals surface area contributed by atoms with Gasteiger partial charge >= 0.3 is 6.09 Å². The summed E-state index contributed by atoms with van der Waals surface area (Å²) in [5.74, 6) is 0.326. The van der Waals surface area contributed by atoms with Crippen LogP contribution in [0.2, 0.25) is 0 Å². The highest BCUT2D eigenvalue weighted by atomic mass is 32.2. The average Bonchev–Trinajstić information content (AvgIpc) is 3.32. The second-order valence-corrected chi connectivity index (χ2v) is 11.4. The minimum absolute atomic E-state index is 0.0402. The van der Waals surface area contributed by atoms with Gasteiger partial charge in [-0.25, -0.2) is 9.69 Å². The van der Waals surface area contributed by atoms with E-state index in [1.54, 1.807) is 36.0 Å². The monoisotopic (exact) mass is 606 g/mol. The first-order valence-electron chi connectivity index (χ1n) is 14.1. The molecule has 226 valence electrons. The maximum Gasteiger partial charge on any atom is 0.408 e. The fraction of sp³-hybridized carbons (Fsp3) is 0.344. The first kappa shape index (κ1) is 30.7. The van der Waals surface area contributed by atoms with Gasteiger partial charge in [0.1, 0.15) is 12.6 Å². The van der Waals surface area contributed by atoms with Crippen molar-refractivity contribution in [2.75, 3.05) is 23.0 Å². The number of nitrogens with zero attached hydrogens (tertiary/aromatic N) is 1. The molecular formula is C32H34N2O8S. The van der Waals surface area contributed by atoms with Gasteiger partial charge in [0.15, 0.2) is 6.29 Å². The number of carbonyl (C=O) groups is 3. The summed E-state index contributed by atoms with van der Waals surface area (Å²) in [4.78, 5) is 39.2. The minimum Gasteiger partial charge on any atom is -0.445 e. The molecule has 3 aromatic carbocycles. The standard InChI is InChI=1S/C32H34N2O8S/c35-14-15-43-20-26-16-28(23-8-6-21(18-36)7-9-23)42-31(41-26)24-10-12-25(13-11-24)34-29(37)17-27(30(34)38)33-32(39)40-19-22-4-2-1-3-5-22/h1-13,26-28,31,35-36H,14-20H2,(H,33,39)/t26-,27?,28+,31+/m0/s1. The van der Waals surface area contributed by atoms with Crippen LogP contribution in [0, 0.1) is 0 Å². The molecule has 0 spiro atoms. The Kier molecular flexibility index (Phi) is 10.4. The number of nitrogens with one attached hydrogen (secondary N) is 1. The van der Waals surface area contributed by atoms with E-state index < -0.39 is 30.2 Å². The third kappa shape index (κ3) is 7.81. The number of carbonyl (C=O) groups excluding carboxylic acids is 3. The fourth-order valence-electron chi connectivity index (χ4n) is 5.01. The number of amides is 3. The lowest BCUT2D eigenvalue weighted by molar-refractivity contribution is -0.245. The van der Waals surface area contributed by atoms with Gasteiger partial charge in [0.25, 0.3) is 5.91 Å². The molecule has 5 rings (SSSR count). The summed E-state index contributed by atoms with van der Waals surface area (Å²) < 4.78 is 17.8. The van der Waals surface area contributed by atoms with Crippen molar-refractivity contribution >= 4 is 35.4 Å². The van der Waals surface area contributed by atoms with Gasteiger partial charge in [-0.2, -0.15) is 11.8 Å². The summed E-state index contributed by atoms with van der Waals surface area (Å²) in [5, 5.41) is 21.1. The van der Waals surface area contributed by atoms with Gasteiger partial charge < -0.3 is 29.7 Å². The molecule has 43 heavy (non-hydrogen) atoms. The van der Waals surface area contributed by atoms with Crippen LogP contribution in [0.4, 0.5) is 10.5 Å². The van der Waals surface area contributed by atoms with Crippen molar-refractivity contribution in [1.29, 1.82) is 0 Å². The lowest BCUT2D eigenvalue weighted by Gasteiger charge is -2.36. The first-order valence-corrected chi connectivity index (χ1v) is 15.2. The molecule has 11 heteroatoms. The number of alkyl carbamates (subject to hydrolysis) is 1. The molecule has 10 nitrogen and oxygen atoms in total. The molecule has 3 aromatic rings. The Bertz CT molecular complexity index is 1390. The Morgan fingerprint density at radius 2 is 1.65 bits per heavy atom. The van der Waals surface area contributed by atoms with Crippen molar-refractivity contribution in [3.8, 4) is 0 Å². The van der Waals surface area contributed by atoms with E-state index in [2.05, 4.69) is 5.32 Å². The second-order valence-electron chi connectivity index (χ2n) is 10.3. The van der Waals surface area contributed by atoms with Crippen LogP contribution in [0.25, 0.3) is 0 Å². The van der Waals surface area contributed by atoms with Gasteiger partial charge in [0, 0.05) is 23.5 Å². The molecule has 0 saturated carbocycles. The number of anilines is 1. The number of benzene rings is 3. The van der Waals surface area contributed by atoms with Crippen molar-refractivity contribution in [1.82, 2.24) is 5.32 Å². The SMILES string of the molecule is O=C(NC1CC(=O)N(c2ccc([C@@H]3O[C@H](CSCCO)C[C@H](c4ccc(CO)cc4)O3)cc2)C1=O)OCc1ccccc1. The molecule has 1 unspecified atom stereocenters. The van der Waals surface area contributed by atoms with Gasteiger partial charge in [0.2, 0.25) is 5.91 Å². The van der Waals surface area contributed by atoms with Crippen molar-refractivity contribution < 1.29 is 38.8 Å². The van der Waals surface area contributed by atoms with E-state index in [0.29, 0.717) is 23.6 Å². The lowest BCUT2D eigenvalue weighted by atomic mass is 10.0. The highest BCUT2D eigenvalue weighted by molar-refractivity contribution is 7.99. The van der Waals surface area contributed by atoms with Gasteiger partial charge in [-0.1, -0.05) is 66.7 Å². The van der Waals surface area contributed by atoms with Gasteiger partial charge in [-0.3, -0.25) is 9.59 Å². The van der Waals surface area contributed by atoms with Crippen molar-refractivity contribution in [3.63, 3.8) is 0 Å². The van der Waals surface area contributed by atoms with Crippen LogP contribution in [0.5, 0.6) is 0 Å². The zero-order valence-electron chi connectivity index (χ0n) is 23.5. The largest absolute Gasteiger partial charge is 0.445 e. The van der Waals surface area contributed by atoms with E-state index in [1.165, 1.54) is 0 Å². The molecule has 0 radical (unpaired) electrons. The lowest BCUT2D eigenvalue weighted by Crippen LogP contribution is -2.42. The smallest absolute Gasteiger partial charge is 0.408 e. The summed E-state index contributed by atoms with van der Waals surface area (Å²) in [6.07, 6.45) is -1.38. The Morgan fingerprint density at radius 3 is 2.35 bits per heavy atom. The van der Waals surface area contributed by atoms with E-state index in [0.717, 1.165) is 27.2 Å². The number of aliphatic hydroxyl groups excluding tert-OH is 2. The van der Waals surface area contributed by atoms with Gasteiger partial charge in [-0.15, -0.1) is 0 Å². The summed E-state index contributed by atoms with van der Waals surface area (Å²) in [5.41, 5.74) is 3.68. The van der Waals surface area contributed by atoms with E-state index >= 15 is 0 Å². The molecule has 4 atom stereocenters. The zero-order chi connectivity index (χ0) is 30.2. The third-order valence-corrected chi connectivity index (χ3v) is 8.31. The number of aliphatic hydroxyl groups is 2. The van der Waals surface area contributed by atoms with Crippen LogP contribution in [0.1, 0.15) is 47.5 Å². The Hall–Kier alpha value is -3.74. The molecular weight excluding hydrogens is 572 g/mol. The molecule has 0 aliphatic carbocycles. The molecule has 2 heterocycles. The fourth-order valence-corrected chi connectivity index (χ4v) is 5.78. The molecule has 0 bridgehead atoms. The molecule has 3 amide bonds. The molecule has 2 aliphatic rings. The van der Waals surface area contributed by atoms with Crippen LogP contribution in [-0.4, -0.2) is 58.4 Å². The highest BCUT2D eigenvalue weighted by Gasteiger charge is 2.41. The van der Waals surface area contributed by atoms with Crippen LogP contribution in [0.3, 0.4) is 0 Å². The quantitative estimate of drug-likeness (QED) is 0.219. The summed E-state index contributed by atoms with van der Waals surface area (Å²) in [6.45, 7) is 0.0966. The average molecular weight is 607 g/mol. The zero-order valence-corrected chi connectivity index (χ0v) is 24.3. The molecule has 2 aliphatic heterocycles.